The third kappa shape index (κ3) is 5.13. The number of rotatable bonds is 8. The van der Waals surface area contributed by atoms with Crippen molar-refractivity contribution in [1.29, 1.82) is 0 Å². The van der Waals surface area contributed by atoms with Gasteiger partial charge in [-0.25, -0.2) is 0 Å². The Morgan fingerprint density at radius 1 is 1.00 bits per heavy atom. The van der Waals surface area contributed by atoms with Crippen LogP contribution < -0.4 is 4.74 Å². The Morgan fingerprint density at radius 3 is 2.18 bits per heavy atom. The molecule has 146 valence electrons. The van der Waals surface area contributed by atoms with Crippen molar-refractivity contribution in [2.24, 2.45) is 0 Å². The van der Waals surface area contributed by atoms with Crippen LogP contribution in [0.5, 0.6) is 17.2 Å². The molecule has 2 N–H and O–H groups in total. The van der Waals surface area contributed by atoms with Crippen molar-refractivity contribution in [3.8, 4) is 17.2 Å². The average molecular weight is 378 g/mol. The Hall–Kier alpha value is -3.27. The molecule has 0 aliphatic rings. The summed E-state index contributed by atoms with van der Waals surface area (Å²) in [5.41, 5.74) is 2.65. The minimum atomic E-state index is -0.227. The molecule has 0 aromatic heterocycles. The van der Waals surface area contributed by atoms with Gasteiger partial charge in [0.1, 0.15) is 17.2 Å². The topological polar surface area (TPSA) is 66.8 Å². The molecule has 4 nitrogen and oxygen atoms in total. The molecule has 28 heavy (non-hydrogen) atoms. The number of hydrogen-bond acceptors (Lipinski definition) is 4. The van der Waals surface area contributed by atoms with E-state index in [1.165, 1.54) is 18.2 Å². The van der Waals surface area contributed by atoms with Gasteiger partial charge in [0, 0.05) is 5.56 Å². The third-order valence-electron chi connectivity index (χ3n) is 4.35. The zero-order chi connectivity index (χ0) is 20.5. The smallest absolute Gasteiger partial charge is 0.185 e. The van der Waals surface area contributed by atoms with Gasteiger partial charge in [0.2, 0.25) is 0 Å². The Bertz CT molecular complexity index is 903. The number of ketones is 1. The van der Waals surface area contributed by atoms with Gasteiger partial charge in [0.05, 0.1) is 12.7 Å². The first kappa shape index (κ1) is 21.0. The Balaban J connectivity index is 2.49. The fourth-order valence-electron chi connectivity index (χ4n) is 2.87. The summed E-state index contributed by atoms with van der Waals surface area (Å²) in [6.45, 7) is 3.88. The number of ether oxygens (including phenoxy) is 1. The lowest BCUT2D eigenvalue weighted by Crippen LogP contribution is -1.99. The van der Waals surface area contributed by atoms with Crippen molar-refractivity contribution in [3.05, 3.63) is 83.0 Å². The Labute approximate surface area is 166 Å². The van der Waals surface area contributed by atoms with Crippen molar-refractivity contribution in [1.82, 2.24) is 0 Å². The number of carbonyl (C=O) groups is 1. The van der Waals surface area contributed by atoms with Gasteiger partial charge in [0.15, 0.2) is 5.78 Å². The first-order valence-electron chi connectivity index (χ1n) is 9.17. The van der Waals surface area contributed by atoms with Crippen LogP contribution in [0.1, 0.15) is 40.9 Å². The average Bonchev–Trinajstić information content (AvgIpc) is 2.70. The predicted octanol–water partition coefficient (Wildman–Crippen LogP) is 5.24. The molecular formula is C24H26O4. The zero-order valence-electron chi connectivity index (χ0n) is 16.5. The maximum absolute atomic E-state index is 12.4. The van der Waals surface area contributed by atoms with Crippen LogP contribution >= 0.6 is 0 Å². The minimum absolute atomic E-state index is 0.102. The maximum Gasteiger partial charge on any atom is 0.185 e. The van der Waals surface area contributed by atoms with Crippen molar-refractivity contribution in [2.75, 3.05) is 7.11 Å². The molecule has 0 saturated heterocycles. The molecule has 0 aliphatic heterocycles. The molecule has 0 fully saturated rings. The van der Waals surface area contributed by atoms with Gasteiger partial charge in [-0.2, -0.15) is 0 Å². The van der Waals surface area contributed by atoms with Crippen LogP contribution in [0.2, 0.25) is 0 Å². The van der Waals surface area contributed by atoms with E-state index in [9.17, 15) is 15.0 Å². The van der Waals surface area contributed by atoms with Gasteiger partial charge in [-0.15, -0.1) is 0 Å². The molecule has 2 rings (SSSR count). The van der Waals surface area contributed by atoms with Crippen molar-refractivity contribution in [2.45, 2.75) is 26.7 Å². The van der Waals surface area contributed by atoms with Crippen LogP contribution in [0.25, 0.3) is 6.08 Å². The minimum Gasteiger partial charge on any atom is -0.508 e. The first-order chi connectivity index (χ1) is 13.5. The van der Waals surface area contributed by atoms with Gasteiger partial charge >= 0.3 is 0 Å². The van der Waals surface area contributed by atoms with Gasteiger partial charge in [-0.05, 0) is 80.3 Å². The largest absolute Gasteiger partial charge is 0.508 e. The monoisotopic (exact) mass is 378 g/mol. The van der Waals surface area contributed by atoms with Gasteiger partial charge in [0.25, 0.3) is 0 Å². The molecule has 0 amide bonds. The Kier molecular flexibility index (Phi) is 7.64. The first-order valence-corrected chi connectivity index (χ1v) is 9.17. The van der Waals surface area contributed by atoms with Gasteiger partial charge in [-0.1, -0.05) is 24.3 Å². The van der Waals surface area contributed by atoms with Crippen LogP contribution in [-0.2, 0) is 12.8 Å². The molecule has 0 unspecified atom stereocenters. The molecule has 0 spiro atoms. The standard InChI is InChI=1S/C24H26O4/c1-4-6-8-18-16-19(9-7-5-2)24(28-3)21(23(18)27)14-15-22(26)17-10-12-20(25)13-11-17/h4-7,10-16,25,27H,8-9H2,1-3H3. The van der Waals surface area contributed by atoms with Gasteiger partial charge < -0.3 is 14.9 Å². The maximum atomic E-state index is 12.4. The molecule has 2 aromatic rings. The molecule has 0 aliphatic carbocycles. The molecule has 2 aromatic carbocycles. The summed E-state index contributed by atoms with van der Waals surface area (Å²) in [5.74, 6) is 0.531. The van der Waals surface area contributed by atoms with Crippen molar-refractivity contribution >= 4 is 11.9 Å². The highest BCUT2D eigenvalue weighted by atomic mass is 16.5. The number of hydrogen-bond donors (Lipinski definition) is 2. The second-order valence-corrected chi connectivity index (χ2v) is 6.28. The summed E-state index contributed by atoms with van der Waals surface area (Å²) >= 11 is 0. The van der Waals surface area contributed by atoms with E-state index < -0.39 is 0 Å². The van der Waals surface area contributed by atoms with Crippen LogP contribution in [-0.4, -0.2) is 23.1 Å². The zero-order valence-corrected chi connectivity index (χ0v) is 16.5. The van der Waals surface area contributed by atoms with E-state index in [2.05, 4.69) is 0 Å². The molecule has 0 heterocycles. The number of phenols is 2. The lowest BCUT2D eigenvalue weighted by Gasteiger charge is -2.15. The summed E-state index contributed by atoms with van der Waals surface area (Å²) in [6, 6.07) is 7.98. The van der Waals surface area contributed by atoms with E-state index in [4.69, 9.17) is 4.74 Å². The van der Waals surface area contributed by atoms with E-state index in [0.717, 1.165) is 11.1 Å². The van der Waals surface area contributed by atoms with E-state index in [-0.39, 0.29) is 17.3 Å². The van der Waals surface area contributed by atoms with E-state index in [0.29, 0.717) is 29.7 Å². The van der Waals surface area contributed by atoms with Crippen LogP contribution in [0.15, 0.2) is 60.7 Å². The fraction of sp³-hybridized carbons (Fsp3) is 0.208. The van der Waals surface area contributed by atoms with E-state index in [1.54, 1.807) is 25.3 Å². The molecular weight excluding hydrogens is 352 g/mol. The summed E-state index contributed by atoms with van der Waals surface area (Å²) in [7, 11) is 1.55. The number of carbonyl (C=O) groups excluding carboxylic acids is 1. The summed E-state index contributed by atoms with van der Waals surface area (Å²) in [4.78, 5) is 12.4. The van der Waals surface area contributed by atoms with E-state index in [1.807, 2.05) is 44.2 Å². The molecule has 0 atom stereocenters. The highest BCUT2D eigenvalue weighted by Gasteiger charge is 2.16. The molecule has 0 radical (unpaired) electrons. The van der Waals surface area contributed by atoms with E-state index >= 15 is 0 Å². The summed E-state index contributed by atoms with van der Waals surface area (Å²) < 4.78 is 5.56. The number of benzene rings is 2. The molecule has 0 saturated carbocycles. The number of allylic oxidation sites excluding steroid dienone is 5. The highest BCUT2D eigenvalue weighted by molar-refractivity contribution is 6.07. The number of aromatic hydroxyl groups is 2. The fourth-order valence-corrected chi connectivity index (χ4v) is 2.87. The highest BCUT2D eigenvalue weighted by Crippen LogP contribution is 2.37. The summed E-state index contributed by atoms with van der Waals surface area (Å²) in [6.07, 6.45) is 12.1. The normalized spacial score (nSPS) is 11.7. The molecule has 0 bridgehead atoms. The van der Waals surface area contributed by atoms with Gasteiger partial charge in [-0.3, -0.25) is 4.79 Å². The van der Waals surface area contributed by atoms with Crippen LogP contribution in [0, 0.1) is 0 Å². The van der Waals surface area contributed by atoms with Crippen LogP contribution in [0.3, 0.4) is 0 Å². The quantitative estimate of drug-likeness (QED) is 0.374. The second-order valence-electron chi connectivity index (χ2n) is 6.28. The number of methoxy groups -OCH3 is 1. The SMILES string of the molecule is CC=CCc1cc(CC=CC)c(OC)c(C=CC(=O)c2ccc(O)cc2)c1O. The van der Waals surface area contributed by atoms with Crippen molar-refractivity contribution in [3.63, 3.8) is 0 Å². The molecule has 4 heteroatoms. The summed E-state index contributed by atoms with van der Waals surface area (Å²) in [5, 5.41) is 20.1. The number of phenolic OH excluding ortho intramolecular Hbond substituents is 2. The predicted molar refractivity (Wildman–Crippen MR) is 113 cm³/mol. The lowest BCUT2D eigenvalue weighted by molar-refractivity contribution is 0.104. The Morgan fingerprint density at radius 2 is 1.61 bits per heavy atom. The second kappa shape index (κ2) is 10.2. The lowest BCUT2D eigenvalue weighted by atomic mass is 9.97. The third-order valence-corrected chi connectivity index (χ3v) is 4.35. The van der Waals surface area contributed by atoms with Crippen LogP contribution in [0.4, 0.5) is 0 Å². The van der Waals surface area contributed by atoms with Crippen molar-refractivity contribution < 1.29 is 19.7 Å².